The van der Waals surface area contributed by atoms with Crippen molar-refractivity contribution in [2.24, 2.45) is 11.8 Å². The van der Waals surface area contributed by atoms with Gasteiger partial charge in [0.1, 0.15) is 5.82 Å². The van der Waals surface area contributed by atoms with Crippen molar-refractivity contribution in [3.05, 3.63) is 47.5 Å². The third-order valence-electron chi connectivity index (χ3n) is 6.53. The first-order valence-corrected chi connectivity index (χ1v) is 11.0. The summed E-state index contributed by atoms with van der Waals surface area (Å²) in [6.45, 7) is 0.568. The van der Waals surface area contributed by atoms with Gasteiger partial charge in [0, 0.05) is 23.7 Å². The summed E-state index contributed by atoms with van der Waals surface area (Å²) in [6, 6.07) is 7.34. The molecule has 2 aromatic rings. The number of methoxy groups -OCH3 is 1. The van der Waals surface area contributed by atoms with Gasteiger partial charge in [-0.1, -0.05) is 6.07 Å². The number of ether oxygens (including phenoxy) is 2. The highest BCUT2D eigenvalue weighted by Gasteiger charge is 2.35. The van der Waals surface area contributed by atoms with Crippen LogP contribution in [0, 0.1) is 17.7 Å². The van der Waals surface area contributed by atoms with Crippen LogP contribution in [0.4, 0.5) is 4.39 Å². The smallest absolute Gasteiger partial charge is 0.304 e. The Morgan fingerprint density at radius 3 is 2.65 bits per heavy atom. The van der Waals surface area contributed by atoms with E-state index in [1.165, 1.54) is 13.3 Å². The first-order valence-electron chi connectivity index (χ1n) is 11.0. The molecule has 0 amide bonds. The van der Waals surface area contributed by atoms with E-state index in [1.807, 2.05) is 18.2 Å². The number of hydrogen-bond donors (Lipinski definition) is 1. The molecule has 1 unspecified atom stereocenters. The van der Waals surface area contributed by atoms with Gasteiger partial charge in [0.2, 0.25) is 11.8 Å². The van der Waals surface area contributed by atoms with Gasteiger partial charge in [-0.2, -0.15) is 0 Å². The molecular weight excluding hydrogens is 399 g/mol. The van der Waals surface area contributed by atoms with Crippen LogP contribution in [-0.4, -0.2) is 34.8 Å². The van der Waals surface area contributed by atoms with Gasteiger partial charge in [0.05, 0.1) is 26.3 Å². The monoisotopic (exact) mass is 428 g/mol. The van der Waals surface area contributed by atoms with E-state index in [-0.39, 0.29) is 24.1 Å². The van der Waals surface area contributed by atoms with E-state index < -0.39 is 5.97 Å². The summed E-state index contributed by atoms with van der Waals surface area (Å²) < 4.78 is 25.3. The van der Waals surface area contributed by atoms with Gasteiger partial charge in [0.15, 0.2) is 0 Å². The van der Waals surface area contributed by atoms with Crippen LogP contribution in [0.15, 0.2) is 30.5 Å². The van der Waals surface area contributed by atoms with E-state index in [0.717, 1.165) is 44.2 Å². The van der Waals surface area contributed by atoms with Gasteiger partial charge in [-0.25, -0.2) is 14.4 Å². The Morgan fingerprint density at radius 2 is 1.97 bits per heavy atom. The van der Waals surface area contributed by atoms with Gasteiger partial charge in [-0.15, -0.1) is 0 Å². The van der Waals surface area contributed by atoms with Crippen LogP contribution in [0.2, 0.25) is 0 Å². The van der Waals surface area contributed by atoms with Crippen molar-refractivity contribution in [1.29, 1.82) is 0 Å². The van der Waals surface area contributed by atoms with Crippen molar-refractivity contribution in [3.63, 3.8) is 0 Å². The maximum absolute atomic E-state index is 14.2. The minimum atomic E-state index is -0.787. The van der Waals surface area contributed by atoms with Crippen LogP contribution in [-0.2, 0) is 4.79 Å². The zero-order valence-corrected chi connectivity index (χ0v) is 17.8. The summed E-state index contributed by atoms with van der Waals surface area (Å²) in [4.78, 5) is 19.8. The number of carboxylic acid groups (broad SMARTS) is 1. The average molecular weight is 429 g/mol. The Morgan fingerprint density at radius 1 is 1.19 bits per heavy atom. The fourth-order valence-electron chi connectivity index (χ4n) is 4.62. The van der Waals surface area contributed by atoms with E-state index in [2.05, 4.69) is 9.97 Å². The van der Waals surface area contributed by atoms with E-state index in [1.54, 1.807) is 6.07 Å². The molecule has 0 saturated heterocycles. The molecule has 2 aliphatic rings. The number of aromatic nitrogens is 2. The lowest BCUT2D eigenvalue weighted by Crippen LogP contribution is -2.20. The van der Waals surface area contributed by atoms with Crippen LogP contribution in [0.1, 0.15) is 68.0 Å². The fourth-order valence-corrected chi connectivity index (χ4v) is 4.62. The third-order valence-corrected chi connectivity index (χ3v) is 6.53. The van der Waals surface area contributed by atoms with E-state index in [9.17, 15) is 14.3 Å². The van der Waals surface area contributed by atoms with Crippen LogP contribution < -0.4 is 9.47 Å². The molecule has 0 bridgehead atoms. The second-order valence-electron chi connectivity index (χ2n) is 8.72. The van der Waals surface area contributed by atoms with Crippen LogP contribution in [0.25, 0.3) is 0 Å². The molecule has 0 spiro atoms. The molecule has 2 aliphatic carbocycles. The number of aliphatic carboxylic acids is 1. The highest BCUT2D eigenvalue weighted by atomic mass is 19.1. The number of rotatable bonds is 9. The molecule has 2 heterocycles. The topological polar surface area (TPSA) is 81.5 Å². The third kappa shape index (κ3) is 5.51. The highest BCUT2D eigenvalue weighted by molar-refractivity contribution is 5.68. The van der Waals surface area contributed by atoms with Crippen molar-refractivity contribution in [3.8, 4) is 11.8 Å². The van der Waals surface area contributed by atoms with E-state index in [0.29, 0.717) is 35.8 Å². The first-order chi connectivity index (χ1) is 15.0. The van der Waals surface area contributed by atoms with Gasteiger partial charge < -0.3 is 14.6 Å². The fraction of sp³-hybridized carbons (Fsp3) is 0.542. The molecule has 1 atom stereocenters. The standard InChI is InChI=1S/C24H29FN2O4/c1-30-23-11-18(20(25)13-26-23)16-7-5-15(6-8-16)14-31-22-4-2-3-21(27-22)19(12-24(28)29)17-9-10-17/h2-4,11,13,15-17,19H,5-10,12,14H2,1H3,(H,28,29). The Kier molecular flexibility index (Phi) is 6.68. The van der Waals surface area contributed by atoms with Crippen molar-refractivity contribution in [2.45, 2.75) is 56.8 Å². The van der Waals surface area contributed by atoms with Gasteiger partial charge in [-0.05, 0) is 67.9 Å². The first kappa shape index (κ1) is 21.5. The summed E-state index contributed by atoms with van der Waals surface area (Å²) in [5.41, 5.74) is 1.50. The summed E-state index contributed by atoms with van der Waals surface area (Å²) in [6.07, 6.45) is 7.19. The zero-order chi connectivity index (χ0) is 21.8. The van der Waals surface area contributed by atoms with Crippen LogP contribution in [0.3, 0.4) is 0 Å². The molecule has 0 radical (unpaired) electrons. The number of nitrogens with zero attached hydrogens (tertiary/aromatic N) is 2. The Balaban J connectivity index is 1.31. The maximum Gasteiger partial charge on any atom is 0.304 e. The predicted molar refractivity (Wildman–Crippen MR) is 113 cm³/mol. The molecule has 7 heteroatoms. The van der Waals surface area contributed by atoms with Crippen molar-refractivity contribution >= 4 is 5.97 Å². The van der Waals surface area contributed by atoms with Crippen LogP contribution in [0.5, 0.6) is 11.8 Å². The minimum absolute atomic E-state index is 0.0382. The molecule has 6 nitrogen and oxygen atoms in total. The molecule has 2 saturated carbocycles. The summed E-state index contributed by atoms with van der Waals surface area (Å²) >= 11 is 0. The number of pyridine rings is 2. The minimum Gasteiger partial charge on any atom is -0.481 e. The Hall–Kier alpha value is -2.70. The number of hydrogen-bond acceptors (Lipinski definition) is 5. The summed E-state index contributed by atoms with van der Waals surface area (Å²) in [5.74, 6) is 0.890. The Labute approximate surface area is 181 Å². The lowest BCUT2D eigenvalue weighted by atomic mass is 9.79. The highest BCUT2D eigenvalue weighted by Crippen LogP contribution is 2.44. The molecule has 1 N–H and O–H groups in total. The SMILES string of the molecule is COc1cc(C2CCC(COc3cccc(C(CC(=O)O)C4CC4)n3)CC2)c(F)cn1. The van der Waals surface area contributed by atoms with Gasteiger partial charge in [0.25, 0.3) is 0 Å². The van der Waals surface area contributed by atoms with Crippen molar-refractivity contribution in [2.75, 3.05) is 13.7 Å². The molecule has 0 aliphatic heterocycles. The predicted octanol–water partition coefficient (Wildman–Crippen LogP) is 4.95. The second-order valence-corrected chi connectivity index (χ2v) is 8.72. The molecule has 31 heavy (non-hydrogen) atoms. The quantitative estimate of drug-likeness (QED) is 0.609. The molecule has 2 aromatic heterocycles. The molecular formula is C24H29FN2O4. The Bertz CT molecular complexity index is 910. The maximum atomic E-state index is 14.2. The largest absolute Gasteiger partial charge is 0.481 e. The summed E-state index contributed by atoms with van der Waals surface area (Å²) in [7, 11) is 1.54. The van der Waals surface area contributed by atoms with Crippen molar-refractivity contribution < 1.29 is 23.8 Å². The number of halogens is 1. The average Bonchev–Trinajstić information content (AvgIpc) is 3.62. The second kappa shape index (κ2) is 9.62. The van der Waals surface area contributed by atoms with Gasteiger partial charge in [-0.3, -0.25) is 4.79 Å². The molecule has 2 fully saturated rings. The molecule has 166 valence electrons. The number of carbonyl (C=O) groups is 1. The molecule has 0 aromatic carbocycles. The normalized spacial score (nSPS) is 22.0. The molecule has 4 rings (SSSR count). The summed E-state index contributed by atoms with van der Waals surface area (Å²) in [5, 5.41) is 9.22. The lowest BCUT2D eigenvalue weighted by Gasteiger charge is -2.29. The van der Waals surface area contributed by atoms with Crippen molar-refractivity contribution in [1.82, 2.24) is 9.97 Å². The van der Waals surface area contributed by atoms with E-state index >= 15 is 0 Å². The van der Waals surface area contributed by atoms with E-state index in [4.69, 9.17) is 9.47 Å². The van der Waals surface area contributed by atoms with Gasteiger partial charge >= 0.3 is 5.97 Å². The van der Waals surface area contributed by atoms with Crippen LogP contribution >= 0.6 is 0 Å². The lowest BCUT2D eigenvalue weighted by molar-refractivity contribution is -0.137. The zero-order valence-electron chi connectivity index (χ0n) is 17.8. The number of carboxylic acids is 1.